The van der Waals surface area contributed by atoms with E-state index in [-0.39, 0.29) is 18.3 Å². The summed E-state index contributed by atoms with van der Waals surface area (Å²) in [6, 6.07) is 13.4. The summed E-state index contributed by atoms with van der Waals surface area (Å²) in [5, 5.41) is 6.23. The van der Waals surface area contributed by atoms with Crippen molar-refractivity contribution in [3.05, 3.63) is 76.0 Å². The Balaban J connectivity index is 1.36. The molecule has 8 nitrogen and oxygen atoms in total. The average molecular weight is 488 g/mol. The molecule has 1 aromatic carbocycles. The van der Waals surface area contributed by atoms with E-state index in [0.717, 1.165) is 51.7 Å². The Bertz CT molecular complexity index is 1360. The number of nitrogens with zero attached hydrogens (tertiary/aromatic N) is 2. The lowest BCUT2D eigenvalue weighted by Crippen LogP contribution is -2.18. The normalized spacial score (nSPS) is 12.9. The van der Waals surface area contributed by atoms with Gasteiger partial charge in [0.2, 0.25) is 0 Å². The molecular formula is C26H25N5O3S. The van der Waals surface area contributed by atoms with Crippen LogP contribution in [0.3, 0.4) is 0 Å². The van der Waals surface area contributed by atoms with Crippen LogP contribution < -0.4 is 10.6 Å². The van der Waals surface area contributed by atoms with Crippen molar-refractivity contribution in [2.24, 2.45) is 0 Å². The molecule has 5 rings (SSSR count). The number of rotatable bonds is 8. The monoisotopic (exact) mass is 487 g/mol. The molecule has 1 aliphatic rings. The van der Waals surface area contributed by atoms with Crippen LogP contribution in [0.15, 0.2) is 54.2 Å². The molecule has 0 unspecified atom stereocenters. The second-order valence-corrected chi connectivity index (χ2v) is 9.27. The van der Waals surface area contributed by atoms with Gasteiger partial charge in [-0.2, -0.15) is 0 Å². The predicted octanol–water partition coefficient (Wildman–Crippen LogP) is 5.26. The number of nitrogens with one attached hydrogen (secondary N) is 3. The van der Waals surface area contributed by atoms with E-state index in [2.05, 4.69) is 25.6 Å². The summed E-state index contributed by atoms with van der Waals surface area (Å²) in [5.74, 6) is 0.248. The molecule has 4 aromatic rings. The van der Waals surface area contributed by atoms with Crippen molar-refractivity contribution >= 4 is 40.2 Å². The summed E-state index contributed by atoms with van der Waals surface area (Å²) < 4.78 is 5.54. The van der Waals surface area contributed by atoms with Crippen LogP contribution >= 0.6 is 11.3 Å². The Hall–Kier alpha value is -3.82. The second kappa shape index (κ2) is 10.2. The van der Waals surface area contributed by atoms with Crippen molar-refractivity contribution < 1.29 is 14.3 Å². The molecule has 178 valence electrons. The van der Waals surface area contributed by atoms with E-state index in [0.29, 0.717) is 24.4 Å². The fraction of sp³-hybridized carbons (Fsp3) is 0.231. The minimum atomic E-state index is -0.291. The third kappa shape index (κ3) is 5.16. The van der Waals surface area contributed by atoms with Gasteiger partial charge in [-0.1, -0.05) is 18.2 Å². The SMILES string of the molecule is Cc1ncsc1COCC(=O)Nc1cc(-c2[nH]c3c(c2Nc2ccccc2)C(=O)CCC3)ccn1. The van der Waals surface area contributed by atoms with Crippen LogP contribution in [0.4, 0.5) is 17.2 Å². The average Bonchev–Trinajstić information content (AvgIpc) is 3.44. The highest BCUT2D eigenvalue weighted by atomic mass is 32.1. The zero-order valence-corrected chi connectivity index (χ0v) is 20.1. The molecule has 3 aromatic heterocycles. The number of carbonyl (C=O) groups is 2. The number of ether oxygens (including phenoxy) is 1. The van der Waals surface area contributed by atoms with Gasteiger partial charge in [-0.05, 0) is 44.0 Å². The number of carbonyl (C=O) groups excluding carboxylic acids is 2. The van der Waals surface area contributed by atoms with Gasteiger partial charge >= 0.3 is 0 Å². The van der Waals surface area contributed by atoms with Gasteiger partial charge in [0.15, 0.2) is 5.78 Å². The van der Waals surface area contributed by atoms with Crippen molar-refractivity contribution in [1.29, 1.82) is 0 Å². The van der Waals surface area contributed by atoms with Crippen molar-refractivity contribution in [2.45, 2.75) is 32.8 Å². The molecule has 0 radical (unpaired) electrons. The zero-order chi connectivity index (χ0) is 24.2. The number of aromatic amines is 1. The number of aryl methyl sites for hydroxylation is 2. The summed E-state index contributed by atoms with van der Waals surface area (Å²) in [6.45, 7) is 2.17. The van der Waals surface area contributed by atoms with Crippen LogP contribution in [-0.2, 0) is 22.6 Å². The molecule has 0 spiro atoms. The third-order valence-corrected chi connectivity index (χ3v) is 6.77. The fourth-order valence-electron chi connectivity index (χ4n) is 4.14. The van der Waals surface area contributed by atoms with Gasteiger partial charge in [-0.15, -0.1) is 11.3 Å². The summed E-state index contributed by atoms with van der Waals surface area (Å²) >= 11 is 1.50. The third-order valence-electron chi connectivity index (χ3n) is 5.86. The number of benzene rings is 1. The highest BCUT2D eigenvalue weighted by molar-refractivity contribution is 7.09. The topological polar surface area (TPSA) is 109 Å². The van der Waals surface area contributed by atoms with E-state index < -0.39 is 0 Å². The maximum Gasteiger partial charge on any atom is 0.251 e. The molecule has 35 heavy (non-hydrogen) atoms. The fourth-order valence-corrected chi connectivity index (χ4v) is 4.85. The molecule has 1 aliphatic carbocycles. The predicted molar refractivity (Wildman–Crippen MR) is 136 cm³/mol. The number of hydrogen-bond acceptors (Lipinski definition) is 7. The maximum absolute atomic E-state index is 12.8. The Labute approximate surface area is 206 Å². The lowest BCUT2D eigenvalue weighted by atomic mass is 9.95. The number of amides is 1. The Morgan fingerprint density at radius 2 is 2.03 bits per heavy atom. The lowest BCUT2D eigenvalue weighted by Gasteiger charge is -2.14. The highest BCUT2D eigenvalue weighted by Gasteiger charge is 2.27. The largest absolute Gasteiger partial charge is 0.366 e. The van der Waals surface area contributed by atoms with Crippen LogP contribution in [-0.4, -0.2) is 33.2 Å². The van der Waals surface area contributed by atoms with Crippen molar-refractivity contribution in [3.8, 4) is 11.3 Å². The first-order chi connectivity index (χ1) is 17.1. The van der Waals surface area contributed by atoms with E-state index in [1.807, 2.05) is 43.3 Å². The van der Waals surface area contributed by atoms with Gasteiger partial charge < -0.3 is 20.4 Å². The molecule has 0 saturated heterocycles. The van der Waals surface area contributed by atoms with E-state index in [1.165, 1.54) is 11.3 Å². The number of anilines is 3. The Morgan fingerprint density at radius 1 is 1.17 bits per heavy atom. The number of thiazole rings is 1. The number of H-pyrrole nitrogens is 1. The molecule has 1 amide bonds. The van der Waals surface area contributed by atoms with Crippen LogP contribution in [0.1, 0.15) is 39.5 Å². The quantitative estimate of drug-likeness (QED) is 0.313. The van der Waals surface area contributed by atoms with Crippen LogP contribution in [0.25, 0.3) is 11.3 Å². The first-order valence-electron chi connectivity index (χ1n) is 11.4. The number of ketones is 1. The van der Waals surface area contributed by atoms with Crippen molar-refractivity contribution in [3.63, 3.8) is 0 Å². The van der Waals surface area contributed by atoms with Gasteiger partial charge in [-0.3, -0.25) is 9.59 Å². The maximum atomic E-state index is 12.8. The molecule has 0 fully saturated rings. The van der Waals surface area contributed by atoms with Gasteiger partial charge in [0.05, 0.1) is 39.6 Å². The molecule has 3 N–H and O–H groups in total. The molecule has 0 atom stereocenters. The smallest absolute Gasteiger partial charge is 0.251 e. The van der Waals surface area contributed by atoms with Gasteiger partial charge in [0.25, 0.3) is 5.91 Å². The summed E-state index contributed by atoms with van der Waals surface area (Å²) in [4.78, 5) is 38.2. The summed E-state index contributed by atoms with van der Waals surface area (Å²) in [7, 11) is 0. The molecule has 3 heterocycles. The first kappa shape index (κ1) is 22.9. The molecule has 0 aliphatic heterocycles. The van der Waals surface area contributed by atoms with Crippen molar-refractivity contribution in [2.75, 3.05) is 17.2 Å². The van der Waals surface area contributed by atoms with E-state index in [1.54, 1.807) is 17.8 Å². The number of pyridine rings is 1. The van der Waals surface area contributed by atoms with Gasteiger partial charge in [0.1, 0.15) is 12.4 Å². The Morgan fingerprint density at radius 3 is 2.83 bits per heavy atom. The van der Waals surface area contributed by atoms with Gasteiger partial charge in [0, 0.05) is 29.6 Å². The van der Waals surface area contributed by atoms with Crippen LogP contribution in [0.5, 0.6) is 0 Å². The minimum Gasteiger partial charge on any atom is -0.366 e. The molecule has 9 heteroatoms. The molecular weight excluding hydrogens is 462 g/mol. The number of para-hydroxylation sites is 1. The zero-order valence-electron chi connectivity index (χ0n) is 19.3. The second-order valence-electron chi connectivity index (χ2n) is 8.33. The first-order valence-corrected chi connectivity index (χ1v) is 12.3. The van der Waals surface area contributed by atoms with Crippen LogP contribution in [0.2, 0.25) is 0 Å². The minimum absolute atomic E-state index is 0.0879. The Kier molecular flexibility index (Phi) is 6.69. The van der Waals surface area contributed by atoms with E-state index >= 15 is 0 Å². The summed E-state index contributed by atoms with van der Waals surface area (Å²) in [5.41, 5.74) is 7.58. The van der Waals surface area contributed by atoms with Crippen LogP contribution in [0, 0.1) is 6.92 Å². The lowest BCUT2D eigenvalue weighted by molar-refractivity contribution is -0.121. The number of aromatic nitrogens is 3. The molecule has 0 bridgehead atoms. The number of fused-ring (bicyclic) bond motifs is 1. The number of hydrogen-bond donors (Lipinski definition) is 3. The number of Topliss-reactive ketones (excluding diaryl/α,β-unsaturated/α-hetero) is 1. The standard InChI is InChI=1S/C26H25N5O3S/c1-16-21(35-15-28-16)13-34-14-23(33)31-22-12-17(10-11-27-22)25-26(29-18-6-3-2-4-7-18)24-19(30-25)8-5-9-20(24)32/h2-4,6-7,10-12,15,29-30H,5,8-9,13-14H2,1H3,(H,27,31,33). The van der Waals surface area contributed by atoms with Crippen molar-refractivity contribution in [1.82, 2.24) is 15.0 Å². The van der Waals surface area contributed by atoms with E-state index in [4.69, 9.17) is 4.74 Å². The molecule has 0 saturated carbocycles. The van der Waals surface area contributed by atoms with E-state index in [9.17, 15) is 9.59 Å². The van der Waals surface area contributed by atoms with Gasteiger partial charge in [-0.25, -0.2) is 9.97 Å². The summed E-state index contributed by atoms with van der Waals surface area (Å²) in [6.07, 6.45) is 3.82. The highest BCUT2D eigenvalue weighted by Crippen LogP contribution is 2.39.